The van der Waals surface area contributed by atoms with Crippen LogP contribution in [0.4, 0.5) is 0 Å². The molecular weight excluding hydrogens is 373 g/mol. The van der Waals surface area contributed by atoms with E-state index in [1.165, 1.54) is 0 Å². The number of rotatable bonds is 2. The van der Waals surface area contributed by atoms with Gasteiger partial charge in [0.1, 0.15) is 0 Å². The van der Waals surface area contributed by atoms with Crippen molar-refractivity contribution >= 4 is 0 Å². The molecule has 0 rings (SSSR count). The summed E-state index contributed by atoms with van der Waals surface area (Å²) >= 11 is -2.83. The Morgan fingerprint density at radius 3 is 1.60 bits per heavy atom. The summed E-state index contributed by atoms with van der Waals surface area (Å²) in [4.78, 5) is 0. The van der Waals surface area contributed by atoms with Crippen LogP contribution in [0.15, 0.2) is 0 Å². The third-order valence-electron chi connectivity index (χ3n) is 0.0333. The molecule has 3 nitrogen and oxygen atoms in total. The predicted octanol–water partition coefficient (Wildman–Crippen LogP) is -0.306. The van der Waals surface area contributed by atoms with E-state index in [4.69, 9.17) is 0 Å². The number of hydrogen-bond acceptors (Lipinski definition) is 3. The van der Waals surface area contributed by atoms with Crippen molar-refractivity contribution in [3.63, 3.8) is 0 Å². The average molecular weight is 373 g/mol. The van der Waals surface area contributed by atoms with Gasteiger partial charge in [-0.15, -0.1) is 0 Å². The molecule has 0 atom stereocenters. The Balaban J connectivity index is 2.65. The molecule has 0 heterocycles. The van der Waals surface area contributed by atoms with E-state index < -0.39 is 69.8 Å². The maximum atomic E-state index is 9.25. The van der Waals surface area contributed by atoms with Crippen LogP contribution >= 0.6 is 0 Å². The summed E-state index contributed by atoms with van der Waals surface area (Å²) in [5, 5.41) is 0. The first kappa shape index (κ1) is 7.11. The van der Waals surface area contributed by atoms with Crippen LogP contribution in [0, 0.1) is 69.8 Å². The van der Waals surface area contributed by atoms with Crippen LogP contribution < -0.4 is 0 Å². The van der Waals surface area contributed by atoms with Crippen LogP contribution in [-0.2, 0) is 0.807 Å². The molecule has 5 heteroatoms. The van der Waals surface area contributed by atoms with Crippen LogP contribution in [-0.4, -0.2) is 0 Å². The molecule has 0 aliphatic rings. The SMILES string of the molecule is [O]=[Dy][O][Dy]=[O]. The summed E-state index contributed by atoms with van der Waals surface area (Å²) < 4.78 is 22.4. The van der Waals surface area contributed by atoms with E-state index in [1.807, 2.05) is 0 Å². The minimum absolute atomic E-state index is 1.41. The quantitative estimate of drug-likeness (QED) is 0.668. The second-order valence-corrected chi connectivity index (χ2v) is 3.03. The third-order valence-corrected chi connectivity index (χ3v) is 1.83. The van der Waals surface area contributed by atoms with E-state index >= 15 is 0 Å². The summed E-state index contributed by atoms with van der Waals surface area (Å²) in [6, 6.07) is 0. The molecule has 0 radical (unpaired) electrons. The summed E-state index contributed by atoms with van der Waals surface area (Å²) in [6.07, 6.45) is 0. The van der Waals surface area contributed by atoms with Crippen molar-refractivity contribution in [2.24, 2.45) is 0 Å². The monoisotopic (exact) mass is 376 g/mol. The van der Waals surface area contributed by atoms with Crippen LogP contribution in [0.25, 0.3) is 0 Å². The first-order valence-corrected chi connectivity index (χ1v) is 3.83. The predicted molar refractivity (Wildman–Crippen MR) is 2.46 cm³/mol. The second kappa shape index (κ2) is 6.11. The van der Waals surface area contributed by atoms with Crippen molar-refractivity contribution in [1.29, 1.82) is 0 Å². The Bertz CT molecular complexity index is 34.2. The van der Waals surface area contributed by atoms with Gasteiger partial charge in [0.2, 0.25) is 0 Å². The van der Waals surface area contributed by atoms with Crippen molar-refractivity contribution in [1.82, 2.24) is 0 Å². The van der Waals surface area contributed by atoms with Crippen molar-refractivity contribution < 1.29 is 70.6 Å². The van der Waals surface area contributed by atoms with Gasteiger partial charge in [0.05, 0.1) is 0 Å². The van der Waals surface area contributed by atoms with Gasteiger partial charge in [0, 0.05) is 0 Å². The van der Waals surface area contributed by atoms with Gasteiger partial charge in [-0.05, 0) is 0 Å². The molecule has 0 aromatic heterocycles. The molecule has 0 aromatic carbocycles. The molecule has 0 amide bonds. The molecule has 38 valence electrons. The molecule has 0 aliphatic carbocycles. The van der Waals surface area contributed by atoms with Gasteiger partial charge in [0.15, 0.2) is 0 Å². The Kier molecular flexibility index (Phi) is 8.68. The average Bonchev–Trinajstić information content (AvgIpc) is 1.41. The van der Waals surface area contributed by atoms with Gasteiger partial charge in [-0.2, -0.15) is 0 Å². The fourth-order valence-electron chi connectivity index (χ4n) is 0.00680. The Hall–Kier alpha value is 2.11. The van der Waals surface area contributed by atoms with Gasteiger partial charge in [-0.3, -0.25) is 0 Å². The maximum absolute atomic E-state index is 9.25. The first-order valence-electron chi connectivity index (χ1n) is 0.516. The minimum atomic E-state index is -1.41. The van der Waals surface area contributed by atoms with Crippen molar-refractivity contribution in [2.75, 3.05) is 0 Å². The van der Waals surface area contributed by atoms with Gasteiger partial charge < -0.3 is 0 Å². The molecule has 0 saturated carbocycles. The zero-order valence-electron chi connectivity index (χ0n) is 1.86. The molecule has 0 aromatic rings. The molecule has 0 aliphatic heterocycles. The molecule has 0 bridgehead atoms. The normalized spacial score (nSPS) is 9.60. The van der Waals surface area contributed by atoms with Crippen molar-refractivity contribution in [3.05, 3.63) is 0 Å². The molecule has 0 fully saturated rings. The van der Waals surface area contributed by atoms with E-state index in [0.717, 1.165) is 0 Å². The van der Waals surface area contributed by atoms with Crippen LogP contribution in [0.3, 0.4) is 0 Å². The van der Waals surface area contributed by atoms with Crippen molar-refractivity contribution in [2.45, 2.75) is 0 Å². The van der Waals surface area contributed by atoms with Crippen LogP contribution in [0.2, 0.25) is 0 Å². The summed E-state index contributed by atoms with van der Waals surface area (Å²) in [5.74, 6) is 0. The second-order valence-electron chi connectivity index (χ2n) is 0.146. The van der Waals surface area contributed by atoms with Crippen molar-refractivity contribution in [3.8, 4) is 0 Å². The molecule has 0 saturated heterocycles. The standard InChI is InChI=1S/2Dy.3O. The fraction of sp³-hybridized carbons (Fsp3) is 0. The van der Waals surface area contributed by atoms with Gasteiger partial charge in [0.25, 0.3) is 0 Å². The van der Waals surface area contributed by atoms with Gasteiger partial charge >= 0.3 is 70.6 Å². The van der Waals surface area contributed by atoms with E-state index in [9.17, 15) is 2.76 Å². The summed E-state index contributed by atoms with van der Waals surface area (Å²) in [7, 11) is 0. The van der Waals surface area contributed by atoms with E-state index in [2.05, 4.69) is -1.95 Å². The fourth-order valence-corrected chi connectivity index (χ4v) is 0.374. The zero-order valence-corrected chi connectivity index (χ0v) is 5.92. The van der Waals surface area contributed by atoms with E-state index in [0.29, 0.717) is 0 Å². The zero-order chi connectivity index (χ0) is 4.12. The Morgan fingerprint density at radius 1 is 1.20 bits per heavy atom. The molecule has 0 N–H and O–H groups in total. The molecule has 0 spiro atoms. The van der Waals surface area contributed by atoms with Crippen LogP contribution in [0.1, 0.15) is 0 Å². The number of hydrogen-bond donors (Lipinski definition) is 0. The van der Waals surface area contributed by atoms with Gasteiger partial charge in [-0.25, -0.2) is 0 Å². The summed E-state index contributed by atoms with van der Waals surface area (Å²) in [6.45, 7) is 0. The van der Waals surface area contributed by atoms with Gasteiger partial charge in [-0.1, -0.05) is 0 Å². The molecular formula is Dy2O3. The Labute approximate surface area is 68.7 Å². The van der Waals surface area contributed by atoms with E-state index in [-0.39, 0.29) is 0 Å². The van der Waals surface area contributed by atoms with E-state index in [1.54, 1.807) is 0 Å². The first-order chi connectivity index (χ1) is 2.41. The summed E-state index contributed by atoms with van der Waals surface area (Å²) in [5.41, 5.74) is 0. The van der Waals surface area contributed by atoms with Crippen LogP contribution in [0.5, 0.6) is 0 Å². The topological polar surface area (TPSA) is 43.4 Å². The third kappa shape index (κ3) is 6.11. The molecule has 5 heavy (non-hydrogen) atoms. The Morgan fingerprint density at radius 2 is 1.60 bits per heavy atom. The molecule has 0 unspecified atom stereocenters.